The second kappa shape index (κ2) is 7.02. The molecule has 2 fully saturated rings. The number of carbonyl (C=O) groups excluding carboxylic acids is 1. The number of carbonyl (C=O) groups is 1. The van der Waals surface area contributed by atoms with Gasteiger partial charge in [0.2, 0.25) is 0 Å². The van der Waals surface area contributed by atoms with Crippen LogP contribution in [0.25, 0.3) is 0 Å². The van der Waals surface area contributed by atoms with Gasteiger partial charge < -0.3 is 9.47 Å². The minimum atomic E-state index is 0.113. The normalized spacial score (nSPS) is 20.8. The SMILES string of the molecule is CCCc1[nH]ncc1C(=O)N1CCC[C@@H](c2nccn2CC2CC2)C1. The van der Waals surface area contributed by atoms with Crippen LogP contribution < -0.4 is 0 Å². The summed E-state index contributed by atoms with van der Waals surface area (Å²) in [5, 5.41) is 7.08. The van der Waals surface area contributed by atoms with Crippen molar-refractivity contribution in [2.45, 2.75) is 57.9 Å². The van der Waals surface area contributed by atoms with Crippen molar-refractivity contribution >= 4 is 5.91 Å². The van der Waals surface area contributed by atoms with Crippen LogP contribution in [0.1, 0.15) is 66.8 Å². The van der Waals surface area contributed by atoms with Crippen LogP contribution in [0.4, 0.5) is 0 Å². The van der Waals surface area contributed by atoms with E-state index in [2.05, 4.69) is 32.9 Å². The lowest BCUT2D eigenvalue weighted by atomic mass is 9.96. The quantitative estimate of drug-likeness (QED) is 0.878. The number of amides is 1. The zero-order valence-electron chi connectivity index (χ0n) is 14.9. The highest BCUT2D eigenvalue weighted by Crippen LogP contribution is 2.33. The molecule has 1 N–H and O–H groups in total. The van der Waals surface area contributed by atoms with Gasteiger partial charge >= 0.3 is 0 Å². The van der Waals surface area contributed by atoms with E-state index in [0.717, 1.165) is 68.3 Å². The van der Waals surface area contributed by atoms with Crippen LogP contribution in [-0.4, -0.2) is 43.6 Å². The van der Waals surface area contributed by atoms with E-state index in [9.17, 15) is 4.79 Å². The van der Waals surface area contributed by atoms with Crippen molar-refractivity contribution in [2.75, 3.05) is 13.1 Å². The molecule has 25 heavy (non-hydrogen) atoms. The zero-order valence-corrected chi connectivity index (χ0v) is 14.9. The number of rotatable bonds is 6. The van der Waals surface area contributed by atoms with Gasteiger partial charge in [-0.15, -0.1) is 0 Å². The van der Waals surface area contributed by atoms with E-state index in [1.807, 2.05) is 11.1 Å². The molecule has 1 aliphatic heterocycles. The van der Waals surface area contributed by atoms with Gasteiger partial charge in [0.15, 0.2) is 0 Å². The van der Waals surface area contributed by atoms with Gasteiger partial charge in [0.05, 0.1) is 11.8 Å². The summed E-state index contributed by atoms with van der Waals surface area (Å²) in [6, 6.07) is 0. The molecule has 0 aromatic carbocycles. The van der Waals surface area contributed by atoms with Crippen molar-refractivity contribution in [2.24, 2.45) is 5.92 Å². The molecule has 0 spiro atoms. The highest BCUT2D eigenvalue weighted by atomic mass is 16.2. The molecular formula is C19H27N5O. The first kappa shape index (κ1) is 16.4. The zero-order chi connectivity index (χ0) is 17.2. The molecule has 1 amide bonds. The average molecular weight is 341 g/mol. The van der Waals surface area contributed by atoms with Crippen molar-refractivity contribution < 1.29 is 4.79 Å². The Balaban J connectivity index is 1.48. The number of aryl methyl sites for hydroxylation is 1. The number of hydrogen-bond acceptors (Lipinski definition) is 3. The lowest BCUT2D eigenvalue weighted by Gasteiger charge is -2.32. The first-order chi connectivity index (χ1) is 12.3. The summed E-state index contributed by atoms with van der Waals surface area (Å²) in [5.41, 5.74) is 1.70. The molecule has 1 atom stereocenters. The summed E-state index contributed by atoms with van der Waals surface area (Å²) in [7, 11) is 0. The van der Waals surface area contributed by atoms with Gasteiger partial charge in [-0.2, -0.15) is 5.10 Å². The Hall–Kier alpha value is -2.11. The monoisotopic (exact) mass is 341 g/mol. The second-order valence-corrected chi connectivity index (χ2v) is 7.48. The number of imidazole rings is 1. The molecule has 134 valence electrons. The first-order valence-electron chi connectivity index (χ1n) is 9.58. The maximum absolute atomic E-state index is 13.0. The van der Waals surface area contributed by atoms with Crippen LogP contribution in [0.2, 0.25) is 0 Å². The molecule has 1 saturated heterocycles. The van der Waals surface area contributed by atoms with E-state index in [0.29, 0.717) is 5.92 Å². The largest absolute Gasteiger partial charge is 0.338 e. The Morgan fingerprint density at radius 1 is 1.36 bits per heavy atom. The van der Waals surface area contributed by atoms with Crippen LogP contribution in [0, 0.1) is 5.92 Å². The van der Waals surface area contributed by atoms with Gasteiger partial charge in [0, 0.05) is 43.6 Å². The van der Waals surface area contributed by atoms with Crippen LogP contribution >= 0.6 is 0 Å². The molecule has 2 aliphatic rings. The molecule has 2 aromatic heterocycles. The number of aromatic nitrogens is 4. The van der Waals surface area contributed by atoms with Crippen LogP contribution in [0.5, 0.6) is 0 Å². The number of aromatic amines is 1. The van der Waals surface area contributed by atoms with Gasteiger partial charge in [-0.05, 0) is 38.0 Å². The fourth-order valence-electron chi connectivity index (χ4n) is 3.89. The molecule has 0 unspecified atom stereocenters. The molecule has 3 heterocycles. The van der Waals surface area contributed by atoms with Crippen molar-refractivity contribution in [3.8, 4) is 0 Å². The van der Waals surface area contributed by atoms with Crippen molar-refractivity contribution in [1.82, 2.24) is 24.6 Å². The van der Waals surface area contributed by atoms with Gasteiger partial charge in [0.1, 0.15) is 5.82 Å². The highest BCUT2D eigenvalue weighted by Gasteiger charge is 2.30. The van der Waals surface area contributed by atoms with E-state index in [1.54, 1.807) is 6.20 Å². The molecule has 4 rings (SSSR count). The Morgan fingerprint density at radius 2 is 2.24 bits per heavy atom. The predicted octanol–water partition coefficient (Wildman–Crippen LogP) is 2.99. The van der Waals surface area contributed by atoms with Crippen LogP contribution in [0.15, 0.2) is 18.6 Å². The number of likely N-dealkylation sites (tertiary alicyclic amines) is 1. The van der Waals surface area contributed by atoms with Crippen molar-refractivity contribution in [1.29, 1.82) is 0 Å². The number of nitrogens with zero attached hydrogens (tertiary/aromatic N) is 4. The highest BCUT2D eigenvalue weighted by molar-refractivity contribution is 5.95. The third kappa shape index (κ3) is 3.48. The van der Waals surface area contributed by atoms with Crippen molar-refractivity contribution in [3.05, 3.63) is 35.7 Å². The van der Waals surface area contributed by atoms with Gasteiger partial charge in [0.25, 0.3) is 5.91 Å². The topological polar surface area (TPSA) is 66.8 Å². The van der Waals surface area contributed by atoms with E-state index in [1.165, 1.54) is 12.8 Å². The molecule has 2 aromatic rings. The lowest BCUT2D eigenvalue weighted by molar-refractivity contribution is 0.0702. The van der Waals surface area contributed by atoms with E-state index >= 15 is 0 Å². The Bertz CT molecular complexity index is 730. The molecule has 0 bridgehead atoms. The molecule has 1 saturated carbocycles. The molecule has 6 heteroatoms. The minimum Gasteiger partial charge on any atom is -0.338 e. The third-order valence-electron chi connectivity index (χ3n) is 5.42. The van der Waals surface area contributed by atoms with Gasteiger partial charge in [-0.1, -0.05) is 13.3 Å². The smallest absolute Gasteiger partial charge is 0.257 e. The number of nitrogens with one attached hydrogen (secondary N) is 1. The standard InChI is InChI=1S/C19H27N5O/c1-2-4-17-16(11-21-22-17)19(25)24-9-3-5-15(13-24)18-20-8-10-23(18)12-14-6-7-14/h8,10-11,14-15H,2-7,9,12-13H2,1H3,(H,21,22)/t15-/m1/s1. The van der Waals surface area contributed by atoms with Gasteiger partial charge in [-0.25, -0.2) is 4.98 Å². The predicted molar refractivity (Wildman–Crippen MR) is 95.4 cm³/mol. The minimum absolute atomic E-state index is 0.113. The first-order valence-corrected chi connectivity index (χ1v) is 9.58. The maximum atomic E-state index is 13.0. The molecule has 1 aliphatic carbocycles. The van der Waals surface area contributed by atoms with E-state index < -0.39 is 0 Å². The number of piperidine rings is 1. The Morgan fingerprint density at radius 3 is 3.04 bits per heavy atom. The van der Waals surface area contributed by atoms with E-state index in [4.69, 9.17) is 0 Å². The summed E-state index contributed by atoms with van der Waals surface area (Å²) in [6.07, 6.45) is 12.4. The summed E-state index contributed by atoms with van der Waals surface area (Å²) in [6.45, 7) is 4.79. The Labute approximate surface area is 148 Å². The van der Waals surface area contributed by atoms with Crippen LogP contribution in [0.3, 0.4) is 0 Å². The molecular weight excluding hydrogens is 314 g/mol. The maximum Gasteiger partial charge on any atom is 0.257 e. The summed E-state index contributed by atoms with van der Waals surface area (Å²) in [4.78, 5) is 19.6. The lowest BCUT2D eigenvalue weighted by Crippen LogP contribution is -2.40. The number of hydrogen-bond donors (Lipinski definition) is 1. The second-order valence-electron chi connectivity index (χ2n) is 7.48. The number of H-pyrrole nitrogens is 1. The average Bonchev–Trinajstić information content (AvgIpc) is 3.13. The fraction of sp³-hybridized carbons (Fsp3) is 0.632. The summed E-state index contributed by atoms with van der Waals surface area (Å²) >= 11 is 0. The van der Waals surface area contributed by atoms with Gasteiger partial charge in [-0.3, -0.25) is 9.89 Å². The fourth-order valence-corrected chi connectivity index (χ4v) is 3.89. The third-order valence-corrected chi connectivity index (χ3v) is 5.42. The van der Waals surface area contributed by atoms with Crippen LogP contribution in [-0.2, 0) is 13.0 Å². The Kier molecular flexibility index (Phi) is 4.59. The molecule has 0 radical (unpaired) electrons. The van der Waals surface area contributed by atoms with E-state index in [-0.39, 0.29) is 5.91 Å². The summed E-state index contributed by atoms with van der Waals surface area (Å²) < 4.78 is 2.32. The van der Waals surface area contributed by atoms with Crippen molar-refractivity contribution in [3.63, 3.8) is 0 Å². The summed E-state index contributed by atoms with van der Waals surface area (Å²) in [5.74, 6) is 2.44. The molecule has 6 nitrogen and oxygen atoms in total.